The van der Waals surface area contributed by atoms with Gasteiger partial charge in [-0.1, -0.05) is 17.7 Å². The molecule has 0 aliphatic rings. The average Bonchev–Trinajstić information content (AvgIpc) is 2.44. The maximum absolute atomic E-state index is 12.0. The highest BCUT2D eigenvalue weighted by molar-refractivity contribution is 9.10. The van der Waals surface area contributed by atoms with Gasteiger partial charge in [0.25, 0.3) is 10.0 Å². The van der Waals surface area contributed by atoms with Crippen molar-refractivity contribution in [3.8, 4) is 0 Å². The number of hydrogen-bond donors (Lipinski definition) is 1. The third kappa shape index (κ3) is 3.89. The van der Waals surface area contributed by atoms with Crippen LogP contribution in [0.4, 0.5) is 0 Å². The number of pyridine rings is 1. The average molecular weight is 368 g/mol. The van der Waals surface area contributed by atoms with Crippen molar-refractivity contribution in [3.05, 3.63) is 57.8 Å². The Bertz CT molecular complexity index is 771. The van der Waals surface area contributed by atoms with Gasteiger partial charge in [0.1, 0.15) is 0 Å². The van der Waals surface area contributed by atoms with E-state index in [0.717, 1.165) is 21.2 Å². The van der Waals surface area contributed by atoms with Gasteiger partial charge < -0.3 is 0 Å². The van der Waals surface area contributed by atoms with Gasteiger partial charge >= 0.3 is 0 Å². The quantitative estimate of drug-likeness (QED) is 0.666. The highest BCUT2D eigenvalue weighted by Crippen LogP contribution is 2.16. The summed E-state index contributed by atoms with van der Waals surface area (Å²) in [5, 5.41) is 3.79. The summed E-state index contributed by atoms with van der Waals surface area (Å²) in [5.41, 5.74) is 2.66. The molecule has 0 bridgehead atoms. The van der Waals surface area contributed by atoms with Gasteiger partial charge in [-0.15, -0.1) is 0 Å². The van der Waals surface area contributed by atoms with E-state index in [0.29, 0.717) is 0 Å². The molecule has 21 heavy (non-hydrogen) atoms. The number of nitrogens with zero attached hydrogens (tertiary/aromatic N) is 2. The minimum Gasteiger partial charge on any atom is -0.263 e. The molecule has 5 nitrogen and oxygen atoms in total. The van der Waals surface area contributed by atoms with E-state index in [2.05, 4.69) is 30.8 Å². The number of aromatic nitrogens is 1. The molecular weight excluding hydrogens is 354 g/mol. The predicted molar refractivity (Wildman–Crippen MR) is 85.8 cm³/mol. The molecule has 0 aliphatic carbocycles. The van der Waals surface area contributed by atoms with Crippen LogP contribution in [0.25, 0.3) is 0 Å². The van der Waals surface area contributed by atoms with Gasteiger partial charge in [-0.2, -0.15) is 13.5 Å². The molecule has 0 unspecified atom stereocenters. The van der Waals surface area contributed by atoms with Crippen molar-refractivity contribution in [1.29, 1.82) is 0 Å². The molecule has 0 fully saturated rings. The number of aryl methyl sites for hydroxylation is 1. The van der Waals surface area contributed by atoms with Crippen molar-refractivity contribution in [2.45, 2.75) is 18.7 Å². The number of sulfonamides is 1. The molecule has 0 saturated heterocycles. The summed E-state index contributed by atoms with van der Waals surface area (Å²) >= 11 is 3.36. The molecule has 7 heteroatoms. The van der Waals surface area contributed by atoms with E-state index in [1.807, 2.05) is 13.8 Å². The van der Waals surface area contributed by atoms with E-state index in [9.17, 15) is 8.42 Å². The number of benzene rings is 1. The van der Waals surface area contributed by atoms with Crippen molar-refractivity contribution in [1.82, 2.24) is 9.82 Å². The lowest BCUT2D eigenvalue weighted by Gasteiger charge is -2.04. The van der Waals surface area contributed by atoms with Crippen molar-refractivity contribution in [2.75, 3.05) is 0 Å². The second kappa shape index (κ2) is 6.36. The minimum absolute atomic E-state index is 0.175. The Kier molecular flexibility index (Phi) is 4.74. The first-order valence-electron chi connectivity index (χ1n) is 6.12. The van der Waals surface area contributed by atoms with Crippen LogP contribution in [0.3, 0.4) is 0 Å². The number of hydrogen-bond acceptors (Lipinski definition) is 4. The number of halogens is 1. The Hall–Kier alpha value is -1.73. The van der Waals surface area contributed by atoms with Crippen molar-refractivity contribution >= 4 is 32.2 Å². The van der Waals surface area contributed by atoms with Crippen LogP contribution in [0.5, 0.6) is 0 Å². The molecule has 2 aromatic rings. The van der Waals surface area contributed by atoms with Crippen LogP contribution in [0.1, 0.15) is 16.7 Å². The molecular formula is C14H14BrN3O2S. The Morgan fingerprint density at radius 1 is 1.19 bits per heavy atom. The first-order chi connectivity index (χ1) is 9.90. The minimum atomic E-state index is -3.65. The lowest BCUT2D eigenvalue weighted by Crippen LogP contribution is -2.18. The summed E-state index contributed by atoms with van der Waals surface area (Å²) in [7, 11) is -3.65. The zero-order valence-corrected chi connectivity index (χ0v) is 13.9. The summed E-state index contributed by atoms with van der Waals surface area (Å²) in [6.45, 7) is 3.78. The summed E-state index contributed by atoms with van der Waals surface area (Å²) < 4.78 is 24.9. The fourth-order valence-electron chi connectivity index (χ4n) is 1.58. The van der Waals surface area contributed by atoms with Gasteiger partial charge in [0.05, 0.1) is 11.1 Å². The topological polar surface area (TPSA) is 71.4 Å². The fourth-order valence-corrected chi connectivity index (χ4v) is 2.72. The number of hydrazone groups is 1. The second-order valence-corrected chi connectivity index (χ2v) is 7.02. The Morgan fingerprint density at radius 2 is 1.86 bits per heavy atom. The Labute approximate surface area is 132 Å². The van der Waals surface area contributed by atoms with Crippen LogP contribution in [-0.2, 0) is 10.0 Å². The molecule has 1 aromatic carbocycles. The zero-order valence-electron chi connectivity index (χ0n) is 11.5. The molecule has 1 aromatic heterocycles. The van der Waals surface area contributed by atoms with Gasteiger partial charge in [0.2, 0.25) is 0 Å². The van der Waals surface area contributed by atoms with Crippen LogP contribution in [0.15, 0.2) is 51.1 Å². The summed E-state index contributed by atoms with van der Waals surface area (Å²) in [6.07, 6.45) is 4.71. The highest BCUT2D eigenvalue weighted by Gasteiger charge is 2.11. The molecule has 0 atom stereocenters. The largest absolute Gasteiger partial charge is 0.276 e. The van der Waals surface area contributed by atoms with Crippen LogP contribution in [0, 0.1) is 13.8 Å². The molecule has 1 N–H and O–H groups in total. The lowest BCUT2D eigenvalue weighted by atomic mass is 10.2. The fraction of sp³-hybridized carbons (Fsp3) is 0.143. The van der Waals surface area contributed by atoms with Gasteiger partial charge in [-0.05, 0) is 47.5 Å². The van der Waals surface area contributed by atoms with Crippen molar-refractivity contribution in [3.63, 3.8) is 0 Å². The third-order valence-corrected chi connectivity index (χ3v) is 4.94. The van der Waals surface area contributed by atoms with E-state index in [-0.39, 0.29) is 4.90 Å². The van der Waals surface area contributed by atoms with Crippen LogP contribution in [-0.4, -0.2) is 19.6 Å². The van der Waals surface area contributed by atoms with Gasteiger partial charge in [-0.25, -0.2) is 4.83 Å². The zero-order chi connectivity index (χ0) is 15.5. The summed E-state index contributed by atoms with van der Waals surface area (Å²) in [4.78, 5) is 6.38. The van der Waals surface area contributed by atoms with Gasteiger partial charge in [-0.3, -0.25) is 4.98 Å². The summed E-state index contributed by atoms with van der Waals surface area (Å²) in [5.74, 6) is 0. The first kappa shape index (κ1) is 15.7. The van der Waals surface area contributed by atoms with E-state index >= 15 is 0 Å². The molecule has 0 spiro atoms. The Balaban J connectivity index is 2.16. The van der Waals surface area contributed by atoms with E-state index < -0.39 is 10.0 Å². The molecule has 2 rings (SSSR count). The normalized spacial score (nSPS) is 11.8. The van der Waals surface area contributed by atoms with Gasteiger partial charge in [0, 0.05) is 22.4 Å². The monoisotopic (exact) mass is 367 g/mol. The molecule has 1 heterocycles. The Morgan fingerprint density at radius 3 is 2.52 bits per heavy atom. The van der Waals surface area contributed by atoms with Crippen LogP contribution in [0.2, 0.25) is 0 Å². The molecule has 0 saturated carbocycles. The molecule has 0 amide bonds. The predicted octanol–water partition coefficient (Wildman–Crippen LogP) is 2.77. The number of rotatable bonds is 4. The highest BCUT2D eigenvalue weighted by atomic mass is 79.9. The lowest BCUT2D eigenvalue weighted by molar-refractivity contribution is 0.584. The molecule has 110 valence electrons. The maximum Gasteiger partial charge on any atom is 0.276 e. The summed E-state index contributed by atoms with van der Waals surface area (Å²) in [6, 6.07) is 6.56. The third-order valence-electron chi connectivity index (χ3n) is 2.90. The van der Waals surface area contributed by atoms with E-state index in [1.165, 1.54) is 6.21 Å². The van der Waals surface area contributed by atoms with Crippen LogP contribution < -0.4 is 4.83 Å². The van der Waals surface area contributed by atoms with E-state index in [1.54, 1.807) is 36.7 Å². The second-order valence-electron chi connectivity index (χ2n) is 4.50. The standard InChI is InChI=1S/C14H14BrN3O2S/c1-10-3-5-13(6-4-10)21(19,20)18-17-8-12-7-16-9-14(15)11(12)2/h3-9,18H,1-2H3/b17-8+. The van der Waals surface area contributed by atoms with Crippen LogP contribution >= 0.6 is 15.9 Å². The maximum atomic E-state index is 12.0. The van der Waals surface area contributed by atoms with Crippen molar-refractivity contribution < 1.29 is 8.42 Å². The first-order valence-corrected chi connectivity index (χ1v) is 8.39. The van der Waals surface area contributed by atoms with Crippen molar-refractivity contribution in [2.24, 2.45) is 5.10 Å². The molecule has 0 aliphatic heterocycles. The molecule has 0 radical (unpaired) electrons. The van der Waals surface area contributed by atoms with E-state index in [4.69, 9.17) is 0 Å². The SMILES string of the molecule is Cc1ccc(S(=O)(=O)N/N=C/c2cncc(Br)c2C)cc1. The smallest absolute Gasteiger partial charge is 0.263 e. The van der Waals surface area contributed by atoms with Gasteiger partial charge in [0.15, 0.2) is 0 Å². The number of nitrogens with one attached hydrogen (secondary N) is 1.